The highest BCUT2D eigenvalue weighted by molar-refractivity contribution is 6.38. The van der Waals surface area contributed by atoms with Crippen molar-refractivity contribution in [2.24, 2.45) is 10.8 Å². The Morgan fingerprint density at radius 3 is 1.93 bits per heavy atom. The lowest BCUT2D eigenvalue weighted by Gasteiger charge is -2.36. The van der Waals surface area contributed by atoms with Crippen molar-refractivity contribution >= 4 is 35.5 Å². The van der Waals surface area contributed by atoms with E-state index >= 15 is 0 Å². The number of hydrogen-bond donors (Lipinski definition) is 4. The molecule has 1 aliphatic heterocycles. The molecule has 1 fully saturated rings. The summed E-state index contributed by atoms with van der Waals surface area (Å²) in [5, 5.41) is 10.2. The van der Waals surface area contributed by atoms with Gasteiger partial charge in [-0.1, -0.05) is 80.5 Å². The first-order chi connectivity index (χ1) is 19.9. The minimum atomic E-state index is -1.10. The number of amides is 5. The van der Waals surface area contributed by atoms with Crippen LogP contribution in [0.25, 0.3) is 0 Å². The van der Waals surface area contributed by atoms with Crippen LogP contribution in [0.4, 0.5) is 4.79 Å². The smallest absolute Gasteiger partial charge is 0.329 e. The van der Waals surface area contributed by atoms with Gasteiger partial charge in [-0.15, -0.1) is 6.58 Å². The van der Waals surface area contributed by atoms with E-state index in [0.717, 1.165) is 0 Å². The summed E-state index contributed by atoms with van der Waals surface area (Å²) in [4.78, 5) is 78.0. The summed E-state index contributed by atoms with van der Waals surface area (Å²) in [7, 11) is 0. The second-order valence-electron chi connectivity index (χ2n) is 12.6. The predicted molar refractivity (Wildman–Crippen MR) is 166 cm³/mol. The number of rotatable bonds is 12. The molecule has 4 N–H and O–H groups in total. The number of nitrogens with one attached hydrogen (secondary N) is 4. The first-order valence-electron chi connectivity index (χ1n) is 14.8. The summed E-state index contributed by atoms with van der Waals surface area (Å²) >= 11 is 0. The molecule has 5 amide bonds. The molecule has 12 nitrogen and oxygen atoms in total. The molecule has 0 spiro atoms. The zero-order chi connectivity index (χ0) is 33.5. The highest BCUT2D eigenvalue weighted by atomic mass is 16.5. The Morgan fingerprint density at radius 1 is 0.907 bits per heavy atom. The maximum Gasteiger partial charge on any atom is 0.329 e. The molecule has 1 saturated heterocycles. The standard InChI is InChI=1S/C28H45N5O7.C3H8/c1-10-14-29-23(36)19(34)17(3)30-22(35)18-13-12-15-33(18)24(37)20(27(4,5)6)31-26(39)32-21(28(7,8)9)25(38)40-16-11-2;1-3-2/h10-11,17-18,20-21H,1-2,12-16H2,3-9H3,(H,29,36)(H,30,35)(H2,31,32,39);3H2,1-2H3/t17?,18-,20?,21?;/m0./s1. The van der Waals surface area contributed by atoms with Crippen LogP contribution in [0.2, 0.25) is 0 Å². The number of carbonyl (C=O) groups excluding carboxylic acids is 6. The fourth-order valence-electron chi connectivity index (χ4n) is 4.10. The number of ether oxygens (including phenoxy) is 1. The van der Waals surface area contributed by atoms with Crippen molar-refractivity contribution in [3.05, 3.63) is 25.3 Å². The normalized spacial score (nSPS) is 16.7. The average Bonchev–Trinajstić information content (AvgIpc) is 3.40. The van der Waals surface area contributed by atoms with Crippen molar-refractivity contribution in [3.63, 3.8) is 0 Å². The van der Waals surface area contributed by atoms with Crippen molar-refractivity contribution in [1.82, 2.24) is 26.2 Å². The summed E-state index contributed by atoms with van der Waals surface area (Å²) in [6, 6.07) is -4.78. The van der Waals surface area contributed by atoms with Gasteiger partial charge in [-0.2, -0.15) is 0 Å². The summed E-state index contributed by atoms with van der Waals surface area (Å²) in [5.41, 5.74) is -1.45. The minimum absolute atomic E-state index is 0.0140. The number of carbonyl (C=O) groups is 6. The summed E-state index contributed by atoms with van der Waals surface area (Å²) < 4.78 is 5.13. The van der Waals surface area contributed by atoms with Crippen molar-refractivity contribution in [1.29, 1.82) is 0 Å². The topological polar surface area (TPSA) is 163 Å². The number of likely N-dealkylation sites (tertiary alicyclic amines) is 1. The molecule has 4 atom stereocenters. The molecule has 0 aromatic carbocycles. The van der Waals surface area contributed by atoms with Gasteiger partial charge in [0, 0.05) is 13.1 Å². The molecule has 3 unspecified atom stereocenters. The van der Waals surface area contributed by atoms with Crippen LogP contribution in [-0.4, -0.2) is 84.3 Å². The summed E-state index contributed by atoms with van der Waals surface area (Å²) in [5.74, 6) is -3.36. The Labute approximate surface area is 256 Å². The molecule has 43 heavy (non-hydrogen) atoms. The molecule has 0 saturated carbocycles. The number of hydrogen-bond acceptors (Lipinski definition) is 7. The van der Waals surface area contributed by atoms with Crippen LogP contribution < -0.4 is 21.3 Å². The van der Waals surface area contributed by atoms with Crippen LogP contribution in [0.1, 0.15) is 81.6 Å². The first kappa shape index (κ1) is 39.3. The fourth-order valence-corrected chi connectivity index (χ4v) is 4.10. The lowest BCUT2D eigenvalue weighted by atomic mass is 9.85. The van der Waals surface area contributed by atoms with E-state index in [1.54, 1.807) is 41.5 Å². The van der Waals surface area contributed by atoms with Crippen molar-refractivity contribution in [3.8, 4) is 0 Å². The molecule has 0 aromatic heterocycles. The van der Waals surface area contributed by atoms with E-state index < -0.39 is 70.5 Å². The van der Waals surface area contributed by atoms with E-state index in [0.29, 0.717) is 12.8 Å². The molecule has 1 rings (SSSR count). The van der Waals surface area contributed by atoms with Crippen LogP contribution in [0.5, 0.6) is 0 Å². The van der Waals surface area contributed by atoms with Crippen LogP contribution in [0.3, 0.4) is 0 Å². The molecule has 0 aliphatic carbocycles. The van der Waals surface area contributed by atoms with Crippen LogP contribution in [0.15, 0.2) is 25.3 Å². The number of Topliss-reactive ketones (excluding diaryl/α,β-unsaturated/α-hetero) is 1. The van der Waals surface area contributed by atoms with Gasteiger partial charge in [0.25, 0.3) is 5.91 Å². The Hall–Kier alpha value is -3.70. The monoisotopic (exact) mass is 607 g/mol. The van der Waals surface area contributed by atoms with Gasteiger partial charge < -0.3 is 30.9 Å². The molecule has 0 aromatic rings. The molecule has 244 valence electrons. The summed E-state index contributed by atoms with van der Waals surface area (Å²) in [6.45, 7) is 23.6. The van der Waals surface area contributed by atoms with Gasteiger partial charge >= 0.3 is 12.0 Å². The summed E-state index contributed by atoms with van der Waals surface area (Å²) in [6.07, 6.45) is 4.98. The fraction of sp³-hybridized carbons (Fsp3) is 0.677. The van der Waals surface area contributed by atoms with E-state index in [-0.39, 0.29) is 19.7 Å². The number of esters is 1. The van der Waals surface area contributed by atoms with Crippen LogP contribution in [0, 0.1) is 10.8 Å². The third kappa shape index (κ3) is 13.0. The molecule has 1 aliphatic rings. The Kier molecular flexibility index (Phi) is 16.5. The molecule has 0 radical (unpaired) electrons. The van der Waals surface area contributed by atoms with E-state index in [2.05, 4.69) is 48.3 Å². The second kappa shape index (κ2) is 18.1. The largest absolute Gasteiger partial charge is 0.460 e. The Bertz CT molecular complexity index is 1010. The van der Waals surface area contributed by atoms with Crippen LogP contribution >= 0.6 is 0 Å². The second-order valence-corrected chi connectivity index (χ2v) is 12.6. The minimum Gasteiger partial charge on any atom is -0.460 e. The van der Waals surface area contributed by atoms with Crippen molar-refractivity contribution < 1.29 is 33.5 Å². The molecular weight excluding hydrogens is 554 g/mol. The van der Waals surface area contributed by atoms with Gasteiger partial charge in [0.2, 0.25) is 17.6 Å². The van der Waals surface area contributed by atoms with Crippen molar-refractivity contribution in [2.75, 3.05) is 19.7 Å². The quantitative estimate of drug-likeness (QED) is 0.151. The lowest BCUT2D eigenvalue weighted by Crippen LogP contribution is -2.61. The van der Waals surface area contributed by atoms with Gasteiger partial charge in [0.1, 0.15) is 24.7 Å². The van der Waals surface area contributed by atoms with E-state index in [1.807, 2.05) is 0 Å². The highest BCUT2D eigenvalue weighted by Gasteiger charge is 2.43. The number of ketones is 1. The first-order valence-corrected chi connectivity index (χ1v) is 14.8. The predicted octanol–water partition coefficient (Wildman–Crippen LogP) is 2.63. The molecule has 1 heterocycles. The van der Waals surface area contributed by atoms with Gasteiger partial charge in [0.05, 0.1) is 6.04 Å². The van der Waals surface area contributed by atoms with E-state index in [9.17, 15) is 28.8 Å². The third-order valence-corrected chi connectivity index (χ3v) is 6.33. The highest BCUT2D eigenvalue weighted by Crippen LogP contribution is 2.26. The zero-order valence-corrected chi connectivity index (χ0v) is 27.4. The zero-order valence-electron chi connectivity index (χ0n) is 27.4. The van der Waals surface area contributed by atoms with Gasteiger partial charge in [-0.05, 0) is 30.6 Å². The third-order valence-electron chi connectivity index (χ3n) is 6.33. The number of nitrogens with zero attached hydrogens (tertiary/aromatic N) is 1. The van der Waals surface area contributed by atoms with Crippen LogP contribution in [-0.2, 0) is 28.7 Å². The Balaban J connectivity index is 0.00000562. The lowest BCUT2D eigenvalue weighted by molar-refractivity contribution is -0.147. The van der Waals surface area contributed by atoms with Crippen molar-refractivity contribution in [2.45, 2.75) is 106 Å². The number of urea groups is 1. The van der Waals surface area contributed by atoms with E-state index in [1.165, 1.54) is 30.4 Å². The molecule has 12 heteroatoms. The maximum absolute atomic E-state index is 13.7. The van der Waals surface area contributed by atoms with E-state index in [4.69, 9.17) is 4.74 Å². The van der Waals surface area contributed by atoms with Gasteiger partial charge in [0.15, 0.2) is 0 Å². The van der Waals surface area contributed by atoms with Gasteiger partial charge in [-0.3, -0.25) is 19.2 Å². The van der Waals surface area contributed by atoms with Gasteiger partial charge in [-0.25, -0.2) is 9.59 Å². The maximum atomic E-state index is 13.7. The SMILES string of the molecule is C=CCNC(=O)C(=O)C(C)NC(=O)[C@@H]1CCCN1C(=O)C(NC(=O)NC(C(=O)OCC=C)C(C)(C)C)C(C)(C)C.CCC. The average molecular weight is 608 g/mol. The Morgan fingerprint density at radius 2 is 1.44 bits per heavy atom. The molecular formula is C31H53N5O7. The molecule has 0 bridgehead atoms.